The number of benzene rings is 1. The van der Waals surface area contributed by atoms with E-state index in [1.807, 2.05) is 36.9 Å². The molecule has 1 aliphatic heterocycles. The van der Waals surface area contributed by atoms with Gasteiger partial charge in [0.05, 0.1) is 0 Å². The average molecular weight is 337 g/mol. The highest BCUT2D eigenvalue weighted by molar-refractivity contribution is 6.30. The molecule has 0 aromatic heterocycles. The van der Waals surface area contributed by atoms with Crippen molar-refractivity contribution < 1.29 is 9.59 Å². The maximum absolute atomic E-state index is 12.0. The van der Waals surface area contributed by atoms with Crippen LogP contribution in [0.25, 0.3) is 0 Å². The number of anilines is 1. The molecule has 1 aromatic carbocycles. The summed E-state index contributed by atoms with van der Waals surface area (Å²) in [6.07, 6.45) is 0.794. The number of carbonyl (C=O) groups excluding carboxylic acids is 2. The summed E-state index contributed by atoms with van der Waals surface area (Å²) in [5.74, 6) is 0.112. The Morgan fingerprint density at radius 2 is 2.00 bits per heavy atom. The van der Waals surface area contributed by atoms with Gasteiger partial charge in [0.15, 0.2) is 0 Å². The largest absolute Gasteiger partial charge is 0.340 e. The van der Waals surface area contributed by atoms with Gasteiger partial charge in [0.2, 0.25) is 11.8 Å². The summed E-state index contributed by atoms with van der Waals surface area (Å²) < 4.78 is 0. The SMILES string of the molecule is CC(=O)N1CC(C)(CCN(C(C)=O)C(C)C)c2cc(Cl)ccc21. The minimum absolute atomic E-state index is 0.0320. The number of carbonyl (C=O) groups is 2. The van der Waals surface area contributed by atoms with Gasteiger partial charge in [-0.25, -0.2) is 0 Å². The normalized spacial score (nSPS) is 19.9. The lowest BCUT2D eigenvalue weighted by molar-refractivity contribution is -0.130. The molecule has 23 heavy (non-hydrogen) atoms. The number of hydrogen-bond donors (Lipinski definition) is 0. The fourth-order valence-corrected chi connectivity index (χ4v) is 3.56. The van der Waals surface area contributed by atoms with Crippen molar-refractivity contribution in [2.45, 2.75) is 52.5 Å². The van der Waals surface area contributed by atoms with E-state index >= 15 is 0 Å². The molecule has 2 amide bonds. The number of rotatable bonds is 4. The second kappa shape index (κ2) is 6.52. The molecule has 0 fully saturated rings. The van der Waals surface area contributed by atoms with E-state index in [1.165, 1.54) is 0 Å². The van der Waals surface area contributed by atoms with Crippen LogP contribution in [0.3, 0.4) is 0 Å². The molecular formula is C18H25ClN2O2. The highest BCUT2D eigenvalue weighted by atomic mass is 35.5. The minimum atomic E-state index is -0.200. The number of hydrogen-bond acceptors (Lipinski definition) is 2. The maximum Gasteiger partial charge on any atom is 0.223 e. The van der Waals surface area contributed by atoms with E-state index in [9.17, 15) is 9.59 Å². The van der Waals surface area contributed by atoms with Crippen molar-refractivity contribution in [3.8, 4) is 0 Å². The van der Waals surface area contributed by atoms with Crippen LogP contribution < -0.4 is 4.90 Å². The van der Waals surface area contributed by atoms with Crippen molar-refractivity contribution in [3.05, 3.63) is 28.8 Å². The van der Waals surface area contributed by atoms with Crippen LogP contribution >= 0.6 is 11.6 Å². The molecule has 1 unspecified atom stereocenters. The number of nitrogens with zero attached hydrogens (tertiary/aromatic N) is 2. The van der Waals surface area contributed by atoms with Gasteiger partial charge in [-0.05, 0) is 44.0 Å². The lowest BCUT2D eigenvalue weighted by atomic mass is 9.81. The lowest BCUT2D eigenvalue weighted by Crippen LogP contribution is -2.41. The predicted octanol–water partition coefficient (Wildman–Crippen LogP) is 3.61. The molecule has 0 aliphatic carbocycles. The second-order valence-electron chi connectivity index (χ2n) is 6.88. The van der Waals surface area contributed by atoms with Crippen LogP contribution in [0.15, 0.2) is 18.2 Å². The Hall–Kier alpha value is -1.55. The first-order valence-corrected chi connectivity index (χ1v) is 8.39. The molecular weight excluding hydrogens is 312 g/mol. The van der Waals surface area contributed by atoms with Gasteiger partial charge in [0.25, 0.3) is 0 Å². The topological polar surface area (TPSA) is 40.6 Å². The zero-order valence-corrected chi connectivity index (χ0v) is 15.3. The van der Waals surface area contributed by atoms with Gasteiger partial charge < -0.3 is 9.80 Å². The van der Waals surface area contributed by atoms with E-state index in [4.69, 9.17) is 11.6 Å². The number of amides is 2. The molecule has 1 atom stereocenters. The molecule has 0 bridgehead atoms. The Kier molecular flexibility index (Phi) is 5.04. The molecule has 0 saturated carbocycles. The van der Waals surface area contributed by atoms with Gasteiger partial charge in [-0.15, -0.1) is 0 Å². The molecule has 5 heteroatoms. The molecule has 1 heterocycles. The smallest absolute Gasteiger partial charge is 0.223 e. The Morgan fingerprint density at radius 3 is 2.52 bits per heavy atom. The molecule has 126 valence electrons. The third-order valence-electron chi connectivity index (χ3n) is 4.72. The highest BCUT2D eigenvalue weighted by Gasteiger charge is 2.40. The highest BCUT2D eigenvalue weighted by Crippen LogP contribution is 2.44. The van der Waals surface area contributed by atoms with Crippen LogP contribution in [0, 0.1) is 0 Å². The van der Waals surface area contributed by atoms with Gasteiger partial charge in [0.1, 0.15) is 0 Å². The Balaban J connectivity index is 2.30. The standard InChI is InChI=1S/C18H25ClN2O2/c1-12(2)20(13(3)22)9-8-18(5)11-21(14(4)23)17-7-6-15(19)10-16(17)18/h6-7,10,12H,8-9,11H2,1-5H3. The summed E-state index contributed by atoms with van der Waals surface area (Å²) >= 11 is 6.17. The zero-order valence-electron chi connectivity index (χ0n) is 14.5. The molecule has 4 nitrogen and oxygen atoms in total. The lowest BCUT2D eigenvalue weighted by Gasteiger charge is -2.31. The third kappa shape index (κ3) is 3.52. The van der Waals surface area contributed by atoms with Crippen molar-refractivity contribution in [1.29, 1.82) is 0 Å². The van der Waals surface area contributed by atoms with E-state index in [-0.39, 0.29) is 23.3 Å². The fraction of sp³-hybridized carbons (Fsp3) is 0.556. The van der Waals surface area contributed by atoms with Gasteiger partial charge in [0, 0.05) is 49.1 Å². The summed E-state index contributed by atoms with van der Waals surface area (Å²) in [6.45, 7) is 10.7. The van der Waals surface area contributed by atoms with Crippen molar-refractivity contribution in [1.82, 2.24) is 4.90 Å². The summed E-state index contributed by atoms with van der Waals surface area (Å²) in [7, 11) is 0. The monoisotopic (exact) mass is 336 g/mol. The molecule has 0 spiro atoms. The van der Waals surface area contributed by atoms with Crippen LogP contribution in [-0.2, 0) is 15.0 Å². The van der Waals surface area contributed by atoms with E-state index in [1.54, 1.807) is 18.7 Å². The first-order valence-electron chi connectivity index (χ1n) is 8.01. The van der Waals surface area contributed by atoms with Crippen molar-refractivity contribution in [2.24, 2.45) is 0 Å². The van der Waals surface area contributed by atoms with Gasteiger partial charge in [-0.2, -0.15) is 0 Å². The van der Waals surface area contributed by atoms with Crippen LogP contribution in [0.4, 0.5) is 5.69 Å². The fourth-order valence-electron chi connectivity index (χ4n) is 3.39. The maximum atomic E-state index is 12.0. The first kappa shape index (κ1) is 17.8. The molecule has 0 N–H and O–H groups in total. The molecule has 0 radical (unpaired) electrons. The van der Waals surface area contributed by atoms with Gasteiger partial charge in [-0.3, -0.25) is 9.59 Å². The number of halogens is 1. The summed E-state index contributed by atoms with van der Waals surface area (Å²) in [5, 5.41) is 0.674. The van der Waals surface area contributed by atoms with Crippen molar-refractivity contribution >= 4 is 29.1 Å². The van der Waals surface area contributed by atoms with E-state index in [2.05, 4.69) is 6.92 Å². The van der Waals surface area contributed by atoms with E-state index in [0.29, 0.717) is 18.1 Å². The second-order valence-corrected chi connectivity index (χ2v) is 7.32. The van der Waals surface area contributed by atoms with Crippen molar-refractivity contribution in [3.63, 3.8) is 0 Å². The predicted molar refractivity (Wildman–Crippen MR) is 94.0 cm³/mol. The quantitative estimate of drug-likeness (QED) is 0.842. The van der Waals surface area contributed by atoms with Crippen LogP contribution in [0.1, 0.15) is 46.6 Å². The van der Waals surface area contributed by atoms with Crippen molar-refractivity contribution in [2.75, 3.05) is 18.0 Å². The summed E-state index contributed by atoms with van der Waals surface area (Å²) in [4.78, 5) is 27.4. The third-order valence-corrected chi connectivity index (χ3v) is 4.95. The van der Waals surface area contributed by atoms with E-state index in [0.717, 1.165) is 17.7 Å². The van der Waals surface area contributed by atoms with Crippen LogP contribution in [-0.4, -0.2) is 35.8 Å². The molecule has 1 aliphatic rings. The first-order chi connectivity index (χ1) is 10.7. The number of fused-ring (bicyclic) bond motifs is 1. The Morgan fingerprint density at radius 1 is 1.35 bits per heavy atom. The Bertz CT molecular complexity index is 629. The van der Waals surface area contributed by atoms with Gasteiger partial charge in [-0.1, -0.05) is 18.5 Å². The van der Waals surface area contributed by atoms with Crippen LogP contribution in [0.5, 0.6) is 0 Å². The molecule has 2 rings (SSSR count). The average Bonchev–Trinajstić information content (AvgIpc) is 2.72. The van der Waals surface area contributed by atoms with Crippen LogP contribution in [0.2, 0.25) is 5.02 Å². The summed E-state index contributed by atoms with van der Waals surface area (Å²) in [6, 6.07) is 5.85. The summed E-state index contributed by atoms with van der Waals surface area (Å²) in [5.41, 5.74) is 1.82. The Labute approximate surface area is 143 Å². The minimum Gasteiger partial charge on any atom is -0.340 e. The molecule has 0 saturated heterocycles. The van der Waals surface area contributed by atoms with Gasteiger partial charge >= 0.3 is 0 Å². The van der Waals surface area contributed by atoms with E-state index < -0.39 is 0 Å². The zero-order chi connectivity index (χ0) is 17.4. The molecule has 1 aromatic rings.